The number of rotatable bonds is 5. The Morgan fingerprint density at radius 3 is 2.85 bits per heavy atom. The fourth-order valence-electron chi connectivity index (χ4n) is 2.28. The monoisotopic (exact) mass is 451 g/mol. The first-order chi connectivity index (χ1) is 12.4. The zero-order chi connectivity index (χ0) is 18.7. The number of aromatic nitrogens is 3. The normalized spacial score (nSPS) is 10.7. The summed E-state index contributed by atoms with van der Waals surface area (Å²) in [4.78, 5) is 12.2. The van der Waals surface area contributed by atoms with Crippen molar-refractivity contribution in [2.24, 2.45) is 0 Å². The fraction of sp³-hybridized carbons (Fsp3) is 0.118. The molecular formula is C17H15BrClN5OS. The number of carbonyl (C=O) groups is 1. The second-order valence-electron chi connectivity index (χ2n) is 5.48. The highest BCUT2D eigenvalue weighted by molar-refractivity contribution is 9.10. The lowest BCUT2D eigenvalue weighted by Crippen LogP contribution is -2.17. The molecule has 3 N–H and O–H groups in total. The number of nitrogens with one attached hydrogen (secondary N) is 1. The quantitative estimate of drug-likeness (QED) is 0.449. The van der Waals surface area contributed by atoms with Crippen molar-refractivity contribution in [3.05, 3.63) is 57.5 Å². The second-order valence-corrected chi connectivity index (χ2v) is 7.78. The number of thioether (sulfide) groups is 1. The van der Waals surface area contributed by atoms with Crippen molar-refractivity contribution in [2.45, 2.75) is 12.1 Å². The van der Waals surface area contributed by atoms with Crippen molar-refractivity contribution in [1.82, 2.24) is 14.9 Å². The van der Waals surface area contributed by atoms with E-state index in [9.17, 15) is 4.79 Å². The number of halogens is 2. The van der Waals surface area contributed by atoms with Gasteiger partial charge in [0.1, 0.15) is 0 Å². The lowest BCUT2D eigenvalue weighted by Gasteiger charge is -2.08. The van der Waals surface area contributed by atoms with Crippen LogP contribution >= 0.6 is 39.3 Å². The van der Waals surface area contributed by atoms with Crippen LogP contribution in [0.5, 0.6) is 0 Å². The SMILES string of the molecule is Cc1cc(Br)ccc1NC(=O)CSc1nnc(-c2cccc(Cl)c2)n1N. The van der Waals surface area contributed by atoms with Crippen LogP contribution in [0.1, 0.15) is 5.56 Å². The Hall–Kier alpha value is -2.03. The molecule has 0 aliphatic carbocycles. The van der Waals surface area contributed by atoms with Crippen molar-refractivity contribution in [1.29, 1.82) is 0 Å². The van der Waals surface area contributed by atoms with Crippen LogP contribution in [0.25, 0.3) is 11.4 Å². The lowest BCUT2D eigenvalue weighted by atomic mass is 10.2. The third-order valence-corrected chi connectivity index (χ3v) is 5.21. The van der Waals surface area contributed by atoms with Crippen LogP contribution in [0.15, 0.2) is 52.1 Å². The summed E-state index contributed by atoms with van der Waals surface area (Å²) in [5.41, 5.74) is 2.50. The zero-order valence-corrected chi connectivity index (χ0v) is 16.9. The maximum atomic E-state index is 12.2. The van der Waals surface area contributed by atoms with E-state index >= 15 is 0 Å². The highest BCUT2D eigenvalue weighted by Gasteiger charge is 2.14. The van der Waals surface area contributed by atoms with E-state index in [1.165, 1.54) is 16.4 Å². The van der Waals surface area contributed by atoms with Crippen LogP contribution in [-0.4, -0.2) is 26.5 Å². The van der Waals surface area contributed by atoms with Crippen molar-refractivity contribution in [2.75, 3.05) is 16.9 Å². The Labute approximate surface area is 168 Å². The van der Waals surface area contributed by atoms with Crippen molar-refractivity contribution in [3.63, 3.8) is 0 Å². The molecule has 0 aliphatic rings. The first-order valence-electron chi connectivity index (χ1n) is 7.59. The first-order valence-corrected chi connectivity index (χ1v) is 9.75. The molecule has 0 bridgehead atoms. The molecule has 2 aromatic carbocycles. The van der Waals surface area contributed by atoms with Gasteiger partial charge in [-0.05, 0) is 42.8 Å². The molecule has 0 spiro atoms. The van der Waals surface area contributed by atoms with Crippen molar-refractivity contribution >= 4 is 50.9 Å². The predicted molar refractivity (Wildman–Crippen MR) is 109 cm³/mol. The van der Waals surface area contributed by atoms with E-state index in [0.717, 1.165) is 21.3 Å². The summed E-state index contributed by atoms with van der Waals surface area (Å²) in [7, 11) is 0. The molecular weight excluding hydrogens is 438 g/mol. The Kier molecular flexibility index (Phi) is 5.85. The molecule has 3 aromatic rings. The molecule has 26 heavy (non-hydrogen) atoms. The molecule has 0 saturated carbocycles. The molecule has 0 radical (unpaired) electrons. The third-order valence-electron chi connectivity index (χ3n) is 3.54. The van der Waals surface area contributed by atoms with E-state index in [1.54, 1.807) is 12.1 Å². The molecule has 0 aliphatic heterocycles. The molecule has 3 rings (SSSR count). The minimum absolute atomic E-state index is 0.146. The minimum Gasteiger partial charge on any atom is -0.335 e. The number of carbonyl (C=O) groups excluding carboxylic acids is 1. The van der Waals surface area contributed by atoms with Gasteiger partial charge in [-0.15, -0.1) is 10.2 Å². The predicted octanol–water partition coefficient (Wildman–Crippen LogP) is 4.11. The first kappa shape index (κ1) is 18.8. The van der Waals surface area contributed by atoms with E-state index in [0.29, 0.717) is 16.0 Å². The summed E-state index contributed by atoms with van der Waals surface area (Å²) in [6.07, 6.45) is 0. The number of nitrogens with zero attached hydrogens (tertiary/aromatic N) is 3. The van der Waals surface area contributed by atoms with E-state index in [1.807, 2.05) is 37.3 Å². The number of nitrogen functional groups attached to an aromatic ring is 1. The molecule has 9 heteroatoms. The van der Waals surface area contributed by atoms with Gasteiger partial charge >= 0.3 is 0 Å². The molecule has 0 unspecified atom stereocenters. The van der Waals surface area contributed by atoms with Crippen molar-refractivity contribution in [3.8, 4) is 11.4 Å². The summed E-state index contributed by atoms with van der Waals surface area (Å²) >= 11 is 10.6. The largest absolute Gasteiger partial charge is 0.335 e. The Bertz CT molecular complexity index is 962. The highest BCUT2D eigenvalue weighted by atomic mass is 79.9. The molecule has 1 aromatic heterocycles. The Balaban J connectivity index is 1.66. The van der Waals surface area contributed by atoms with Crippen LogP contribution in [0.3, 0.4) is 0 Å². The summed E-state index contributed by atoms with van der Waals surface area (Å²) < 4.78 is 2.32. The van der Waals surface area contributed by atoms with E-state index < -0.39 is 0 Å². The molecule has 1 heterocycles. The molecule has 0 fully saturated rings. The lowest BCUT2D eigenvalue weighted by molar-refractivity contribution is -0.113. The van der Waals surface area contributed by atoms with Gasteiger partial charge < -0.3 is 11.2 Å². The van der Waals surface area contributed by atoms with E-state index in [-0.39, 0.29) is 11.7 Å². The Morgan fingerprint density at radius 1 is 1.31 bits per heavy atom. The van der Waals surface area contributed by atoms with Gasteiger partial charge in [0, 0.05) is 20.7 Å². The number of aryl methyl sites for hydroxylation is 1. The van der Waals surface area contributed by atoms with Crippen LogP contribution in [-0.2, 0) is 4.79 Å². The summed E-state index contributed by atoms with van der Waals surface area (Å²) in [6.45, 7) is 1.93. The number of benzene rings is 2. The average Bonchev–Trinajstić information content (AvgIpc) is 2.96. The van der Waals surface area contributed by atoms with Gasteiger partial charge in [0.15, 0.2) is 5.82 Å². The number of nitrogens with two attached hydrogens (primary N) is 1. The molecule has 0 saturated heterocycles. The highest BCUT2D eigenvalue weighted by Crippen LogP contribution is 2.24. The van der Waals surface area contributed by atoms with Crippen LogP contribution in [0.2, 0.25) is 5.02 Å². The molecule has 6 nitrogen and oxygen atoms in total. The summed E-state index contributed by atoms with van der Waals surface area (Å²) in [5.74, 6) is 6.56. The minimum atomic E-state index is -0.146. The van der Waals surface area contributed by atoms with Crippen LogP contribution in [0, 0.1) is 6.92 Å². The number of anilines is 1. The second kappa shape index (κ2) is 8.11. The standard InChI is InChI=1S/C17H15BrClN5OS/c1-10-7-12(18)5-6-14(10)21-15(25)9-26-17-23-22-16(24(17)20)11-3-2-4-13(19)8-11/h2-8H,9,20H2,1H3,(H,21,25). The van der Waals surface area contributed by atoms with Crippen molar-refractivity contribution < 1.29 is 4.79 Å². The van der Waals surface area contributed by atoms with Crippen LogP contribution < -0.4 is 11.2 Å². The van der Waals surface area contributed by atoms with E-state index in [2.05, 4.69) is 31.4 Å². The zero-order valence-electron chi connectivity index (χ0n) is 13.7. The van der Waals surface area contributed by atoms with Gasteiger partial charge in [-0.2, -0.15) is 0 Å². The molecule has 1 amide bonds. The topological polar surface area (TPSA) is 85.8 Å². The third kappa shape index (κ3) is 4.38. The molecule has 0 atom stereocenters. The number of hydrogen-bond acceptors (Lipinski definition) is 5. The summed E-state index contributed by atoms with van der Waals surface area (Å²) in [6, 6.07) is 12.9. The number of amides is 1. The van der Waals surface area contributed by atoms with Crippen LogP contribution in [0.4, 0.5) is 5.69 Å². The average molecular weight is 453 g/mol. The maximum absolute atomic E-state index is 12.2. The smallest absolute Gasteiger partial charge is 0.234 e. The fourth-order valence-corrected chi connectivity index (χ4v) is 3.61. The van der Waals surface area contributed by atoms with Gasteiger partial charge in [0.25, 0.3) is 0 Å². The van der Waals surface area contributed by atoms with Gasteiger partial charge in [-0.1, -0.05) is 51.4 Å². The van der Waals surface area contributed by atoms with Gasteiger partial charge in [-0.3, -0.25) is 4.79 Å². The molecule has 134 valence electrons. The number of hydrogen-bond donors (Lipinski definition) is 2. The Morgan fingerprint density at radius 2 is 2.12 bits per heavy atom. The van der Waals surface area contributed by atoms with Gasteiger partial charge in [-0.25, -0.2) is 4.68 Å². The van der Waals surface area contributed by atoms with Gasteiger partial charge in [0.05, 0.1) is 5.75 Å². The van der Waals surface area contributed by atoms with E-state index in [4.69, 9.17) is 17.4 Å². The van der Waals surface area contributed by atoms with Gasteiger partial charge in [0.2, 0.25) is 11.1 Å². The maximum Gasteiger partial charge on any atom is 0.234 e. The summed E-state index contributed by atoms with van der Waals surface area (Å²) in [5, 5.41) is 12.0.